The van der Waals surface area contributed by atoms with Gasteiger partial charge in [0.25, 0.3) is 11.8 Å². The Morgan fingerprint density at radius 1 is 0.950 bits per heavy atom. The van der Waals surface area contributed by atoms with Gasteiger partial charge in [-0.2, -0.15) is 0 Å². The second-order valence-electron chi connectivity index (χ2n) is 11.3. The lowest BCUT2D eigenvalue weighted by Crippen LogP contribution is -2.63. The van der Waals surface area contributed by atoms with E-state index in [1.54, 1.807) is 7.11 Å². The molecule has 6 rings (SSSR count). The summed E-state index contributed by atoms with van der Waals surface area (Å²) in [6, 6.07) is 25.9. The monoisotopic (exact) mass is 535 g/mol. The van der Waals surface area contributed by atoms with E-state index in [-0.39, 0.29) is 17.9 Å². The lowest BCUT2D eigenvalue weighted by atomic mass is 9.83. The number of aryl methyl sites for hydroxylation is 1. The van der Waals surface area contributed by atoms with E-state index in [4.69, 9.17) is 4.74 Å². The van der Waals surface area contributed by atoms with Gasteiger partial charge in [0.05, 0.1) is 19.2 Å². The molecule has 40 heavy (non-hydrogen) atoms. The number of hydrogen-bond acceptors (Lipinski definition) is 3. The summed E-state index contributed by atoms with van der Waals surface area (Å²) < 4.78 is 7.55. The summed E-state index contributed by atoms with van der Waals surface area (Å²) in [6.45, 7) is 2.70. The van der Waals surface area contributed by atoms with E-state index in [1.807, 2.05) is 76.2 Å². The first-order valence-corrected chi connectivity index (χ1v) is 14.4. The van der Waals surface area contributed by atoms with Crippen molar-refractivity contribution in [3.8, 4) is 5.75 Å². The van der Waals surface area contributed by atoms with Crippen LogP contribution in [0.3, 0.4) is 0 Å². The van der Waals surface area contributed by atoms with Gasteiger partial charge < -0.3 is 19.5 Å². The summed E-state index contributed by atoms with van der Waals surface area (Å²) >= 11 is 0. The number of hydrogen-bond donors (Lipinski definition) is 1. The van der Waals surface area contributed by atoms with Crippen molar-refractivity contribution in [1.82, 2.24) is 14.8 Å². The number of nitrogens with one attached hydrogen (secondary N) is 1. The zero-order valence-electron chi connectivity index (χ0n) is 23.4. The second kappa shape index (κ2) is 10.8. The lowest BCUT2D eigenvalue weighted by molar-refractivity contribution is -0.136. The fourth-order valence-electron chi connectivity index (χ4n) is 6.55. The predicted octanol–water partition coefficient (Wildman–Crippen LogP) is 6.35. The predicted molar refractivity (Wildman–Crippen MR) is 157 cm³/mol. The van der Waals surface area contributed by atoms with E-state index < -0.39 is 5.54 Å². The van der Waals surface area contributed by atoms with Crippen molar-refractivity contribution >= 4 is 22.7 Å². The summed E-state index contributed by atoms with van der Waals surface area (Å²) in [5.41, 5.74) is 3.19. The average molecular weight is 536 g/mol. The molecule has 6 nitrogen and oxygen atoms in total. The summed E-state index contributed by atoms with van der Waals surface area (Å²) in [7, 11) is 1.64. The van der Waals surface area contributed by atoms with Gasteiger partial charge in [0.15, 0.2) is 5.54 Å². The van der Waals surface area contributed by atoms with E-state index >= 15 is 0 Å². The highest BCUT2D eigenvalue weighted by molar-refractivity contribution is 6.04. The van der Waals surface area contributed by atoms with Gasteiger partial charge >= 0.3 is 0 Å². The van der Waals surface area contributed by atoms with Crippen molar-refractivity contribution < 1.29 is 14.3 Å². The van der Waals surface area contributed by atoms with Crippen molar-refractivity contribution in [2.45, 2.75) is 70.1 Å². The topological polar surface area (TPSA) is 63.6 Å². The molecule has 0 saturated heterocycles. The van der Waals surface area contributed by atoms with Crippen LogP contribution in [0.15, 0.2) is 78.9 Å². The van der Waals surface area contributed by atoms with Crippen molar-refractivity contribution in [2.24, 2.45) is 0 Å². The Bertz CT molecular complexity index is 1530. The average Bonchev–Trinajstić information content (AvgIpc) is 3.13. The highest BCUT2D eigenvalue weighted by atomic mass is 16.5. The number of aromatic nitrogens is 1. The van der Waals surface area contributed by atoms with Crippen LogP contribution in [0.1, 0.15) is 65.7 Å². The normalized spacial score (nSPS) is 19.8. The molecule has 2 aliphatic rings. The molecule has 1 aliphatic carbocycles. The molecule has 1 aromatic heterocycles. The third-order valence-corrected chi connectivity index (χ3v) is 8.66. The maximum atomic E-state index is 14.8. The van der Waals surface area contributed by atoms with Gasteiger partial charge in [-0.05, 0) is 49.1 Å². The van der Waals surface area contributed by atoms with Crippen molar-refractivity contribution in [2.75, 3.05) is 7.11 Å². The molecule has 0 spiro atoms. The molecular weight excluding hydrogens is 498 g/mol. The fraction of sp³-hybridized carbons (Fsp3) is 0.353. The molecule has 0 bridgehead atoms. The summed E-state index contributed by atoms with van der Waals surface area (Å²) in [4.78, 5) is 31.1. The molecular formula is C34H37N3O3. The number of amides is 2. The summed E-state index contributed by atoms with van der Waals surface area (Å²) in [5, 5.41) is 4.39. The summed E-state index contributed by atoms with van der Waals surface area (Å²) in [5.74, 6) is 0.459. The van der Waals surface area contributed by atoms with Crippen LogP contribution >= 0.6 is 0 Å². The van der Waals surface area contributed by atoms with Gasteiger partial charge in [-0.1, -0.05) is 85.8 Å². The second-order valence-corrected chi connectivity index (χ2v) is 11.3. The largest absolute Gasteiger partial charge is 0.497 e. The van der Waals surface area contributed by atoms with Gasteiger partial charge in [-0.3, -0.25) is 9.59 Å². The molecule has 2 amide bonds. The van der Waals surface area contributed by atoms with Crippen LogP contribution in [0.5, 0.6) is 5.75 Å². The van der Waals surface area contributed by atoms with Crippen LogP contribution in [0.2, 0.25) is 0 Å². The van der Waals surface area contributed by atoms with Crippen LogP contribution in [-0.2, 0) is 23.4 Å². The Morgan fingerprint density at radius 3 is 2.45 bits per heavy atom. The first-order chi connectivity index (χ1) is 19.5. The van der Waals surface area contributed by atoms with E-state index in [2.05, 4.69) is 24.4 Å². The number of methoxy groups -OCH3 is 1. The maximum absolute atomic E-state index is 14.8. The minimum atomic E-state index is -1.23. The smallest absolute Gasteiger partial charge is 0.272 e. The van der Waals surface area contributed by atoms with Gasteiger partial charge in [-0.15, -0.1) is 0 Å². The van der Waals surface area contributed by atoms with Crippen LogP contribution in [0.4, 0.5) is 0 Å². The maximum Gasteiger partial charge on any atom is 0.272 e. The third-order valence-electron chi connectivity index (χ3n) is 8.66. The first kappa shape index (κ1) is 26.2. The number of carbonyl (C=O) groups excluding carboxylic acids is 2. The molecule has 0 radical (unpaired) electrons. The Kier molecular flexibility index (Phi) is 7.09. The van der Waals surface area contributed by atoms with E-state index in [0.717, 1.165) is 59.0 Å². The number of rotatable bonds is 6. The summed E-state index contributed by atoms with van der Waals surface area (Å²) in [6.07, 6.45) is 6.57. The van der Waals surface area contributed by atoms with E-state index in [0.29, 0.717) is 18.8 Å². The molecule has 0 unspecified atom stereocenters. The molecule has 1 atom stereocenters. The molecule has 2 heterocycles. The van der Waals surface area contributed by atoms with Gasteiger partial charge in [0.1, 0.15) is 11.4 Å². The van der Waals surface area contributed by atoms with Crippen molar-refractivity contribution in [3.63, 3.8) is 0 Å². The highest BCUT2D eigenvalue weighted by Crippen LogP contribution is 2.41. The highest BCUT2D eigenvalue weighted by Gasteiger charge is 2.52. The molecule has 206 valence electrons. The lowest BCUT2D eigenvalue weighted by Gasteiger charge is -2.47. The zero-order valence-corrected chi connectivity index (χ0v) is 23.4. The molecule has 1 fully saturated rings. The van der Waals surface area contributed by atoms with Crippen molar-refractivity contribution in [1.29, 1.82) is 0 Å². The SMILES string of the molecule is COc1ccc2cc3n(c2c1)C[C@@](C(=O)NC1CCCCCC1)(c1ccccc1)N(Cc1cccc(C)c1)C3=O. The minimum absolute atomic E-state index is 0.106. The molecule has 1 N–H and O–H groups in total. The van der Waals surface area contributed by atoms with Gasteiger partial charge in [0, 0.05) is 24.0 Å². The standard InChI is InChI=1S/C34H37N3O3/c1-24-11-10-12-25(19-24)22-37-32(38)31-20-26-17-18-29(40-2)21-30(26)36(31)23-34(37,27-13-6-5-7-14-27)33(39)35-28-15-8-3-4-9-16-28/h5-7,10-14,17-21,28H,3-4,8-9,15-16,22-23H2,1-2H3,(H,35,39)/t34-/m0/s1. The molecule has 6 heteroatoms. The van der Waals surface area contributed by atoms with Crippen LogP contribution < -0.4 is 10.1 Å². The Balaban J connectivity index is 1.54. The minimum Gasteiger partial charge on any atom is -0.497 e. The Hall–Kier alpha value is -4.06. The fourth-order valence-corrected chi connectivity index (χ4v) is 6.55. The Morgan fingerprint density at radius 2 is 1.73 bits per heavy atom. The number of carbonyl (C=O) groups is 2. The van der Waals surface area contributed by atoms with Gasteiger partial charge in [-0.25, -0.2) is 0 Å². The number of ether oxygens (including phenoxy) is 1. The molecule has 1 saturated carbocycles. The number of nitrogens with zero attached hydrogens (tertiary/aromatic N) is 2. The van der Waals surface area contributed by atoms with Crippen LogP contribution in [0.25, 0.3) is 10.9 Å². The first-order valence-electron chi connectivity index (χ1n) is 14.4. The number of fused-ring (bicyclic) bond motifs is 3. The van der Waals surface area contributed by atoms with E-state index in [9.17, 15) is 9.59 Å². The van der Waals surface area contributed by atoms with Crippen LogP contribution in [0, 0.1) is 6.92 Å². The Labute approximate surface area is 235 Å². The molecule has 1 aliphatic heterocycles. The van der Waals surface area contributed by atoms with Crippen molar-refractivity contribution in [3.05, 3.63) is 101 Å². The quantitative estimate of drug-likeness (QED) is 0.293. The number of benzene rings is 3. The third kappa shape index (κ3) is 4.66. The molecule has 3 aromatic carbocycles. The molecule has 4 aromatic rings. The van der Waals surface area contributed by atoms with Gasteiger partial charge in [0.2, 0.25) is 0 Å². The van der Waals surface area contributed by atoms with E-state index in [1.165, 1.54) is 12.8 Å². The van der Waals surface area contributed by atoms with Crippen LogP contribution in [-0.4, -0.2) is 34.4 Å². The zero-order chi connectivity index (χ0) is 27.7.